The van der Waals surface area contributed by atoms with Gasteiger partial charge in [-0.25, -0.2) is 4.57 Å². The van der Waals surface area contributed by atoms with Crippen LogP contribution in [0.4, 0.5) is 0 Å². The van der Waals surface area contributed by atoms with Gasteiger partial charge in [-0.15, -0.1) is 0 Å². The Morgan fingerprint density at radius 3 is 2.10 bits per heavy atom. The maximum Gasteiger partial charge on any atom is 0.469 e. The van der Waals surface area contributed by atoms with Crippen LogP contribution in [0.1, 0.15) is 113 Å². The van der Waals surface area contributed by atoms with Gasteiger partial charge in [0.2, 0.25) is 0 Å². The van der Waals surface area contributed by atoms with Crippen molar-refractivity contribution in [2.45, 2.75) is 121 Å². The van der Waals surface area contributed by atoms with Crippen LogP contribution in [-0.4, -0.2) is 51.7 Å². The molecule has 1 fully saturated rings. The van der Waals surface area contributed by atoms with Crippen molar-refractivity contribution in [2.24, 2.45) is 5.73 Å². The largest absolute Gasteiger partial charge is 0.469 e. The molecule has 0 bridgehead atoms. The van der Waals surface area contributed by atoms with Crippen molar-refractivity contribution in [3.8, 4) is 0 Å². The number of hydrogen-bond acceptors (Lipinski definition) is 7. The Hall–Kier alpha value is -1.88. The van der Waals surface area contributed by atoms with E-state index in [1.165, 1.54) is 86.9 Å². The summed E-state index contributed by atoms with van der Waals surface area (Å²) in [5.74, 6) is -1.22. The van der Waals surface area contributed by atoms with E-state index in [1.807, 2.05) is 0 Å². The van der Waals surface area contributed by atoms with Crippen molar-refractivity contribution in [3.05, 3.63) is 30.1 Å². The first-order valence-corrected chi connectivity index (χ1v) is 15.7. The van der Waals surface area contributed by atoms with Crippen molar-refractivity contribution >= 4 is 19.7 Å². The van der Waals surface area contributed by atoms with Gasteiger partial charge in [0.25, 0.3) is 12.1 Å². The molecule has 1 saturated heterocycles. The molecule has 11 nitrogen and oxygen atoms in total. The average molecular weight is 574 g/mol. The Morgan fingerprint density at radius 1 is 1.00 bits per heavy atom. The fraction of sp³-hybridized carbons (Fsp3) is 0.741. The van der Waals surface area contributed by atoms with Gasteiger partial charge in [-0.1, -0.05) is 84.0 Å². The number of rotatable bonds is 20. The molecule has 0 saturated carbocycles. The molecule has 1 unspecified atom stereocenters. The van der Waals surface area contributed by atoms with Gasteiger partial charge in [-0.2, -0.15) is 4.57 Å². The number of primary amides is 1. The van der Waals surface area contributed by atoms with Gasteiger partial charge in [-0.05, 0) is 12.5 Å². The van der Waals surface area contributed by atoms with Crippen LogP contribution in [0.25, 0.3) is 0 Å². The van der Waals surface area contributed by atoms with Crippen LogP contribution >= 0.6 is 7.82 Å². The highest BCUT2D eigenvalue weighted by Crippen LogP contribution is 2.38. The molecular formula is C27H46N2O9P+. The molecule has 1 aliphatic heterocycles. The Balaban J connectivity index is 1.76. The van der Waals surface area contributed by atoms with Gasteiger partial charge < -0.3 is 30.1 Å². The van der Waals surface area contributed by atoms with Crippen molar-refractivity contribution in [1.82, 2.24) is 0 Å². The standard InChI is InChI=1S/C27H45N2O9P/c1-2-3-4-5-6-7-8-9-10-11-12-13-14-17-23(30)38-25-22(20-36-39(33,34)35)37-27(24(25)31)29-18-15-16-21(19-29)26(28)32/h15-16,18-19,22,24-25,27,31H,2-14,17,20H2,1H3,(H3-,28,32,33,34,35)/p+1/t22-,24+,25?,27-/m1/s1. The molecule has 1 aromatic heterocycles. The molecule has 0 radical (unpaired) electrons. The van der Waals surface area contributed by atoms with E-state index >= 15 is 0 Å². The minimum atomic E-state index is -4.83. The second-order valence-corrected chi connectivity index (χ2v) is 11.4. The molecule has 1 amide bonds. The fourth-order valence-corrected chi connectivity index (χ4v) is 5.05. The maximum absolute atomic E-state index is 12.5. The third-order valence-electron chi connectivity index (χ3n) is 6.87. The summed E-state index contributed by atoms with van der Waals surface area (Å²) in [7, 11) is -4.83. The lowest BCUT2D eigenvalue weighted by atomic mass is 10.0. The smallest absolute Gasteiger partial charge is 0.456 e. The molecule has 1 aromatic rings. The van der Waals surface area contributed by atoms with E-state index in [1.54, 1.807) is 0 Å². The van der Waals surface area contributed by atoms with Gasteiger partial charge in [0, 0.05) is 12.5 Å². The number of phosphoric acid groups is 1. The summed E-state index contributed by atoms with van der Waals surface area (Å²) in [6.07, 6.45) is 13.6. The van der Waals surface area contributed by atoms with Crippen LogP contribution in [0.2, 0.25) is 0 Å². The lowest BCUT2D eigenvalue weighted by Crippen LogP contribution is -2.47. The molecular weight excluding hydrogens is 527 g/mol. The molecule has 222 valence electrons. The van der Waals surface area contributed by atoms with Crippen LogP contribution in [0.3, 0.4) is 0 Å². The fourth-order valence-electron chi connectivity index (χ4n) is 4.71. The zero-order chi connectivity index (χ0) is 28.7. The Labute approximate surface area is 231 Å². The molecule has 4 atom stereocenters. The summed E-state index contributed by atoms with van der Waals surface area (Å²) in [6, 6.07) is 3.02. The highest BCUT2D eigenvalue weighted by Gasteiger charge is 2.52. The van der Waals surface area contributed by atoms with E-state index < -0.39 is 50.8 Å². The SMILES string of the molecule is CCCCCCCCCCCCCCCC(=O)OC1[C@@H](COP(=O)(O)O)O[C@@H]([n+]2cccc(C(N)=O)c2)[C@H]1O. The molecule has 1 aliphatic rings. The van der Waals surface area contributed by atoms with Gasteiger partial charge in [0.05, 0.1) is 6.61 Å². The minimum absolute atomic E-state index is 0.155. The second-order valence-electron chi connectivity index (χ2n) is 10.2. The highest BCUT2D eigenvalue weighted by molar-refractivity contribution is 7.46. The van der Waals surface area contributed by atoms with Gasteiger partial charge in [0.15, 0.2) is 24.6 Å². The lowest BCUT2D eigenvalue weighted by Gasteiger charge is -2.20. The van der Waals surface area contributed by atoms with Crippen molar-refractivity contribution < 1.29 is 47.6 Å². The topological polar surface area (TPSA) is 169 Å². The predicted octanol–water partition coefficient (Wildman–Crippen LogP) is 3.83. The predicted molar refractivity (Wildman–Crippen MR) is 143 cm³/mol. The normalized spacial score (nSPS) is 21.2. The quantitative estimate of drug-likeness (QED) is 0.0783. The Kier molecular flexibility index (Phi) is 15.2. The van der Waals surface area contributed by atoms with Gasteiger partial charge in [0.1, 0.15) is 11.7 Å². The summed E-state index contributed by atoms with van der Waals surface area (Å²) in [5.41, 5.74) is 5.49. The summed E-state index contributed by atoms with van der Waals surface area (Å²) in [6.45, 7) is 1.62. The van der Waals surface area contributed by atoms with Crippen molar-refractivity contribution in [1.29, 1.82) is 0 Å². The summed E-state index contributed by atoms with van der Waals surface area (Å²) in [4.78, 5) is 42.2. The zero-order valence-electron chi connectivity index (χ0n) is 23.0. The number of carbonyl (C=O) groups is 2. The third kappa shape index (κ3) is 12.9. The van der Waals surface area contributed by atoms with E-state index in [-0.39, 0.29) is 12.0 Å². The van der Waals surface area contributed by atoms with Crippen molar-refractivity contribution in [3.63, 3.8) is 0 Å². The molecule has 0 aliphatic carbocycles. The molecule has 5 N–H and O–H groups in total. The van der Waals surface area contributed by atoms with E-state index in [9.17, 15) is 19.3 Å². The number of amides is 1. The third-order valence-corrected chi connectivity index (χ3v) is 7.35. The number of aliphatic hydroxyl groups excluding tert-OH is 1. The lowest BCUT2D eigenvalue weighted by molar-refractivity contribution is -0.765. The van der Waals surface area contributed by atoms with Crippen LogP contribution in [0, 0.1) is 0 Å². The summed E-state index contributed by atoms with van der Waals surface area (Å²) in [5, 5.41) is 10.9. The second kappa shape index (κ2) is 17.7. The number of pyridine rings is 1. The number of nitrogens with zero attached hydrogens (tertiary/aromatic N) is 1. The van der Waals surface area contributed by atoms with E-state index in [4.69, 9.17) is 25.0 Å². The summed E-state index contributed by atoms with van der Waals surface area (Å²) < 4.78 is 28.4. The summed E-state index contributed by atoms with van der Waals surface area (Å²) >= 11 is 0. The molecule has 39 heavy (non-hydrogen) atoms. The number of esters is 1. The highest BCUT2D eigenvalue weighted by atomic mass is 31.2. The van der Waals surface area contributed by atoms with Crippen molar-refractivity contribution in [2.75, 3.05) is 6.61 Å². The molecule has 2 heterocycles. The van der Waals surface area contributed by atoms with Gasteiger partial charge in [-0.3, -0.25) is 14.1 Å². The molecule has 12 heteroatoms. The number of phosphoric ester groups is 1. The first-order chi connectivity index (χ1) is 18.6. The number of nitrogens with two attached hydrogens (primary N) is 1. The zero-order valence-corrected chi connectivity index (χ0v) is 23.9. The number of unbranched alkanes of at least 4 members (excludes halogenated alkanes) is 12. The Morgan fingerprint density at radius 2 is 1.56 bits per heavy atom. The monoisotopic (exact) mass is 573 g/mol. The maximum atomic E-state index is 12.5. The Bertz CT molecular complexity index is 926. The number of carbonyl (C=O) groups excluding carboxylic acids is 2. The molecule has 2 rings (SSSR count). The first-order valence-electron chi connectivity index (χ1n) is 14.2. The average Bonchev–Trinajstić information content (AvgIpc) is 3.20. The number of aromatic nitrogens is 1. The first kappa shape index (κ1) is 33.3. The molecule has 0 aromatic carbocycles. The number of ether oxygens (including phenoxy) is 2. The van der Waals surface area contributed by atoms with Gasteiger partial charge >= 0.3 is 13.8 Å². The number of hydrogen-bond donors (Lipinski definition) is 4. The number of aliphatic hydroxyl groups is 1. The van der Waals surface area contributed by atoms with Crippen LogP contribution in [0.5, 0.6) is 0 Å². The minimum Gasteiger partial charge on any atom is -0.456 e. The van der Waals surface area contributed by atoms with E-state index in [0.29, 0.717) is 6.42 Å². The van der Waals surface area contributed by atoms with E-state index in [0.717, 1.165) is 19.3 Å². The van der Waals surface area contributed by atoms with Crippen LogP contribution in [0.15, 0.2) is 24.5 Å². The molecule has 0 spiro atoms. The van der Waals surface area contributed by atoms with Crippen LogP contribution < -0.4 is 10.3 Å². The van der Waals surface area contributed by atoms with Crippen LogP contribution in [-0.2, 0) is 23.4 Å². The van der Waals surface area contributed by atoms with E-state index in [2.05, 4.69) is 11.4 Å².